The van der Waals surface area contributed by atoms with Crippen LogP contribution >= 0.6 is 0 Å². The van der Waals surface area contributed by atoms with Gasteiger partial charge in [-0.15, -0.1) is 0 Å². The largest absolute Gasteiger partial charge is 0.378 e. The van der Waals surface area contributed by atoms with Crippen LogP contribution in [0.5, 0.6) is 0 Å². The fourth-order valence-electron chi connectivity index (χ4n) is 4.89. The number of ether oxygens (including phenoxy) is 1. The molecule has 0 unspecified atom stereocenters. The van der Waals surface area contributed by atoms with Crippen molar-refractivity contribution in [3.8, 4) is 0 Å². The first-order valence-electron chi connectivity index (χ1n) is 11.5. The Hall–Kier alpha value is -3.46. The number of rotatable bonds is 6. The van der Waals surface area contributed by atoms with E-state index in [0.29, 0.717) is 13.0 Å². The Morgan fingerprint density at radius 2 is 1.18 bits per heavy atom. The second-order valence-electron chi connectivity index (χ2n) is 8.54. The van der Waals surface area contributed by atoms with E-state index >= 15 is 0 Å². The van der Waals surface area contributed by atoms with E-state index in [1.165, 1.54) is 5.56 Å². The van der Waals surface area contributed by atoms with E-state index in [4.69, 9.17) is 4.74 Å². The van der Waals surface area contributed by atoms with Gasteiger partial charge in [0.2, 0.25) is 0 Å². The maximum Gasteiger partial charge on any atom is 0.142 e. The van der Waals surface area contributed by atoms with Gasteiger partial charge in [-0.25, -0.2) is 0 Å². The molecule has 164 valence electrons. The van der Waals surface area contributed by atoms with Crippen molar-refractivity contribution in [1.82, 2.24) is 0 Å². The first-order chi connectivity index (χ1) is 16.3. The highest BCUT2D eigenvalue weighted by molar-refractivity contribution is 5.96. The van der Waals surface area contributed by atoms with Gasteiger partial charge in [0.1, 0.15) is 5.60 Å². The molecule has 1 aliphatic rings. The molecule has 2 nitrogen and oxygen atoms in total. The number of hydrogen-bond donors (Lipinski definition) is 1. The Balaban J connectivity index is 1.67. The van der Waals surface area contributed by atoms with Crippen molar-refractivity contribution in [2.75, 3.05) is 6.61 Å². The standard InChI is InChI=1S/C31H28O2/c32-31(27-19-11-4-12-20-27)29(22-21-24-13-5-1-6-14-24)33-23-28(25-15-7-2-8-16-25)30(31)26-17-9-3-10-18-26/h1-20,29,32H,21-23H2/t29-,31+/m1/s1. The lowest BCUT2D eigenvalue weighted by molar-refractivity contribution is -0.0805. The van der Waals surface area contributed by atoms with Crippen LogP contribution in [0, 0.1) is 0 Å². The maximum atomic E-state index is 12.6. The van der Waals surface area contributed by atoms with Crippen LogP contribution in [-0.2, 0) is 16.8 Å². The second-order valence-corrected chi connectivity index (χ2v) is 8.54. The lowest BCUT2D eigenvalue weighted by atomic mass is 9.72. The Labute approximate surface area is 195 Å². The van der Waals surface area contributed by atoms with Crippen molar-refractivity contribution in [3.63, 3.8) is 0 Å². The smallest absolute Gasteiger partial charge is 0.142 e. The molecule has 0 aromatic heterocycles. The van der Waals surface area contributed by atoms with Crippen molar-refractivity contribution >= 4 is 11.1 Å². The highest BCUT2D eigenvalue weighted by atomic mass is 16.5. The van der Waals surface area contributed by atoms with Gasteiger partial charge < -0.3 is 9.84 Å². The molecule has 0 fully saturated rings. The van der Waals surface area contributed by atoms with Crippen molar-refractivity contribution < 1.29 is 9.84 Å². The number of hydrogen-bond acceptors (Lipinski definition) is 2. The summed E-state index contributed by atoms with van der Waals surface area (Å²) in [6.45, 7) is 0.461. The zero-order chi connectivity index (χ0) is 22.5. The van der Waals surface area contributed by atoms with Crippen LogP contribution in [0.25, 0.3) is 11.1 Å². The summed E-state index contributed by atoms with van der Waals surface area (Å²) in [5.74, 6) is 0. The number of benzene rings is 4. The molecule has 1 heterocycles. The summed E-state index contributed by atoms with van der Waals surface area (Å²) < 4.78 is 6.48. The molecule has 33 heavy (non-hydrogen) atoms. The molecule has 0 saturated heterocycles. The van der Waals surface area contributed by atoms with Gasteiger partial charge >= 0.3 is 0 Å². The fraction of sp³-hybridized carbons (Fsp3) is 0.161. The topological polar surface area (TPSA) is 29.5 Å². The first-order valence-corrected chi connectivity index (χ1v) is 11.5. The van der Waals surface area contributed by atoms with Gasteiger partial charge in [0.25, 0.3) is 0 Å². The van der Waals surface area contributed by atoms with Crippen LogP contribution in [0.4, 0.5) is 0 Å². The van der Waals surface area contributed by atoms with E-state index in [0.717, 1.165) is 34.3 Å². The van der Waals surface area contributed by atoms with Crippen molar-refractivity contribution in [2.24, 2.45) is 0 Å². The van der Waals surface area contributed by atoms with Crippen LogP contribution in [0.15, 0.2) is 121 Å². The summed E-state index contributed by atoms with van der Waals surface area (Å²) in [5, 5.41) is 12.6. The van der Waals surface area contributed by atoms with Gasteiger partial charge in [-0.1, -0.05) is 121 Å². The first kappa shape index (κ1) is 21.4. The molecule has 4 aromatic rings. The highest BCUT2D eigenvalue weighted by Crippen LogP contribution is 2.48. The summed E-state index contributed by atoms with van der Waals surface area (Å²) >= 11 is 0. The molecule has 1 N–H and O–H groups in total. The molecule has 5 rings (SSSR count). The van der Waals surface area contributed by atoms with E-state index in [1.54, 1.807) is 0 Å². The summed E-state index contributed by atoms with van der Waals surface area (Å²) in [5.41, 5.74) is 4.89. The van der Waals surface area contributed by atoms with Gasteiger partial charge in [0.15, 0.2) is 0 Å². The summed E-state index contributed by atoms with van der Waals surface area (Å²) in [6, 6.07) is 40.9. The molecule has 0 amide bonds. The van der Waals surface area contributed by atoms with Crippen LogP contribution in [0.3, 0.4) is 0 Å². The minimum absolute atomic E-state index is 0.372. The quantitative estimate of drug-likeness (QED) is 0.376. The average Bonchev–Trinajstić information content (AvgIpc) is 2.90. The van der Waals surface area contributed by atoms with Gasteiger partial charge in [-0.3, -0.25) is 0 Å². The average molecular weight is 433 g/mol. The van der Waals surface area contributed by atoms with Crippen LogP contribution in [0.1, 0.15) is 28.7 Å². The molecule has 0 saturated carbocycles. The van der Waals surface area contributed by atoms with Gasteiger partial charge in [0.05, 0.1) is 12.7 Å². The van der Waals surface area contributed by atoms with E-state index in [2.05, 4.69) is 48.5 Å². The Morgan fingerprint density at radius 3 is 1.79 bits per heavy atom. The molecular weight excluding hydrogens is 404 g/mol. The SMILES string of the molecule is O[C@]1(c2ccccc2)C(c2ccccc2)=C(c2ccccc2)CO[C@@H]1CCc1ccccc1. The van der Waals surface area contributed by atoms with Crippen molar-refractivity contribution in [3.05, 3.63) is 144 Å². The molecule has 2 heteroatoms. The third-order valence-corrected chi connectivity index (χ3v) is 6.51. The van der Waals surface area contributed by atoms with Crippen LogP contribution in [0.2, 0.25) is 0 Å². The summed E-state index contributed by atoms with van der Waals surface area (Å²) in [4.78, 5) is 0. The van der Waals surface area contributed by atoms with E-state index in [-0.39, 0.29) is 6.10 Å². The molecular formula is C31H28O2. The minimum Gasteiger partial charge on any atom is -0.378 e. The predicted molar refractivity (Wildman–Crippen MR) is 135 cm³/mol. The van der Waals surface area contributed by atoms with Gasteiger partial charge in [0, 0.05) is 5.57 Å². The van der Waals surface area contributed by atoms with Gasteiger partial charge in [-0.2, -0.15) is 0 Å². The predicted octanol–water partition coefficient (Wildman–Crippen LogP) is 6.52. The zero-order valence-corrected chi connectivity index (χ0v) is 18.6. The third-order valence-electron chi connectivity index (χ3n) is 6.51. The Bertz CT molecular complexity index is 1200. The molecule has 0 bridgehead atoms. The minimum atomic E-state index is -1.28. The molecule has 1 aliphatic heterocycles. The lowest BCUT2D eigenvalue weighted by Crippen LogP contribution is -2.46. The van der Waals surface area contributed by atoms with Crippen LogP contribution in [-0.4, -0.2) is 17.8 Å². The van der Waals surface area contributed by atoms with Crippen LogP contribution < -0.4 is 0 Å². The maximum absolute atomic E-state index is 12.6. The molecule has 0 aliphatic carbocycles. The summed E-state index contributed by atoms with van der Waals surface area (Å²) in [7, 11) is 0. The van der Waals surface area contributed by atoms with E-state index in [1.807, 2.05) is 72.8 Å². The van der Waals surface area contributed by atoms with E-state index in [9.17, 15) is 5.11 Å². The zero-order valence-electron chi connectivity index (χ0n) is 18.6. The molecule has 0 radical (unpaired) electrons. The Morgan fingerprint density at radius 1 is 0.667 bits per heavy atom. The number of aryl methyl sites for hydroxylation is 1. The monoisotopic (exact) mass is 432 g/mol. The van der Waals surface area contributed by atoms with Gasteiger partial charge in [-0.05, 0) is 40.7 Å². The Kier molecular flexibility index (Phi) is 6.21. The fourth-order valence-corrected chi connectivity index (χ4v) is 4.89. The van der Waals surface area contributed by atoms with E-state index < -0.39 is 5.60 Å². The normalized spacial score (nSPS) is 20.6. The molecule has 0 spiro atoms. The summed E-state index contributed by atoms with van der Waals surface area (Å²) in [6.07, 6.45) is 1.18. The van der Waals surface area contributed by atoms with Crippen molar-refractivity contribution in [2.45, 2.75) is 24.5 Å². The highest BCUT2D eigenvalue weighted by Gasteiger charge is 2.47. The number of aliphatic hydroxyl groups is 1. The third kappa shape index (κ3) is 4.28. The molecule has 2 atom stereocenters. The van der Waals surface area contributed by atoms with Crippen molar-refractivity contribution in [1.29, 1.82) is 0 Å². The second kappa shape index (κ2) is 9.58. The molecule has 4 aromatic carbocycles. The lowest BCUT2D eigenvalue weighted by Gasteiger charge is -2.44.